The van der Waals surface area contributed by atoms with Gasteiger partial charge in [-0.25, -0.2) is 24.3 Å². The van der Waals surface area contributed by atoms with Gasteiger partial charge in [-0.1, -0.05) is 29.5 Å². The molecule has 0 unspecified atom stereocenters. The van der Waals surface area contributed by atoms with Gasteiger partial charge in [0.1, 0.15) is 36.7 Å². The first kappa shape index (κ1) is 24.9. The number of fused-ring (bicyclic) bond motifs is 2. The van der Waals surface area contributed by atoms with Crippen molar-refractivity contribution in [3.8, 4) is 5.69 Å². The first-order valence-electron chi connectivity index (χ1n) is 10.9. The number of halogens is 1. The highest BCUT2D eigenvalue weighted by Crippen LogP contribution is 2.52. The van der Waals surface area contributed by atoms with E-state index in [4.69, 9.17) is 47.1 Å². The molecule has 166 valence electrons. The van der Waals surface area contributed by atoms with Crippen molar-refractivity contribution in [3.63, 3.8) is 0 Å². The van der Waals surface area contributed by atoms with Gasteiger partial charge in [0.05, 0.1) is 33.2 Å². The second-order valence-corrected chi connectivity index (χ2v) is 8.60. The van der Waals surface area contributed by atoms with Gasteiger partial charge in [-0.05, 0) is 24.3 Å². The van der Waals surface area contributed by atoms with Gasteiger partial charge < -0.3 is 10.3 Å². The molecule has 0 saturated carbocycles. The molecule has 0 aliphatic carbocycles. The van der Waals surface area contributed by atoms with Crippen LogP contribution < -0.4 is 10.9 Å². The summed E-state index contributed by atoms with van der Waals surface area (Å²) in [7, 11) is 37.8. The van der Waals surface area contributed by atoms with Crippen LogP contribution in [-0.4, -0.2) is 76.6 Å². The zero-order valence-corrected chi connectivity index (χ0v) is 19.3. The summed E-state index contributed by atoms with van der Waals surface area (Å²) >= 11 is 0. The number of hydrogen-bond acceptors (Lipinski definition) is 6. The van der Waals surface area contributed by atoms with Gasteiger partial charge in [0, 0.05) is 29.0 Å². The molecule has 3 aromatic heterocycles. The predicted molar refractivity (Wildman–Crippen MR) is 144 cm³/mol. The topological polar surface area (TPSA) is 101 Å². The lowest BCUT2D eigenvalue weighted by Crippen LogP contribution is -2.57. The molecule has 0 bridgehead atoms. The van der Waals surface area contributed by atoms with E-state index < -0.39 is 27.1 Å². The number of para-hydroxylation sites is 1. The first-order valence-corrected chi connectivity index (χ1v) is 10.9. The van der Waals surface area contributed by atoms with Crippen molar-refractivity contribution in [2.24, 2.45) is 0 Å². The van der Waals surface area contributed by atoms with Crippen molar-refractivity contribution in [3.05, 3.63) is 83.2 Å². The molecular formula is C22H12B6FN7O. The van der Waals surface area contributed by atoms with Crippen LogP contribution in [0, 0.1) is 5.82 Å². The molecule has 5 rings (SSSR count). The Kier molecular flexibility index (Phi) is 5.84. The van der Waals surface area contributed by atoms with Gasteiger partial charge in [0.15, 0.2) is 11.5 Å². The summed E-state index contributed by atoms with van der Waals surface area (Å²) in [4.78, 5) is 33.6. The average Bonchev–Trinajstić information content (AvgIpc) is 3.33. The maximum absolute atomic E-state index is 14.8. The fraction of sp³-hybridized carbons (Fsp3) is 0.136. The standard InChI is InChI=1S/C22H12B6FN7O/c23-20(21(24,25)22(26,27)28,35-17-15-16(31-9-30-15)32-10-33-17)19-34-13-8-4-7-12(29)14(13)18(37)36(19)11-5-2-1-3-6-11/h1-10H,(H2,30,31,32,33,35)/t20-/m1/s1. The Bertz CT molecular complexity index is 1690. The molecule has 5 aromatic rings. The normalized spacial score (nSPS) is 14.0. The van der Waals surface area contributed by atoms with Gasteiger partial charge in [-0.3, -0.25) is 9.36 Å². The third-order valence-corrected chi connectivity index (χ3v) is 6.12. The molecule has 0 amide bonds. The van der Waals surface area contributed by atoms with E-state index in [9.17, 15) is 9.18 Å². The molecule has 3 heterocycles. The molecule has 12 radical (unpaired) electrons. The Morgan fingerprint density at radius 1 is 0.919 bits per heavy atom. The largest absolute Gasteiger partial charge is 0.365 e. The molecule has 2 aromatic carbocycles. The van der Waals surface area contributed by atoms with E-state index in [2.05, 4.69) is 30.2 Å². The molecule has 8 nitrogen and oxygen atoms in total. The van der Waals surface area contributed by atoms with Crippen LogP contribution in [0.1, 0.15) is 5.82 Å². The van der Waals surface area contributed by atoms with Crippen LogP contribution in [0.4, 0.5) is 10.2 Å². The molecule has 2 N–H and O–H groups in total. The summed E-state index contributed by atoms with van der Waals surface area (Å²) in [5.41, 5.74) is -2.24. The molecule has 0 aliphatic heterocycles. The third kappa shape index (κ3) is 3.88. The summed E-state index contributed by atoms with van der Waals surface area (Å²) < 4.78 is 15.9. The molecular weight excluding hydrogens is 462 g/mol. The Morgan fingerprint density at radius 3 is 2.35 bits per heavy atom. The lowest BCUT2D eigenvalue weighted by Gasteiger charge is -2.55. The van der Waals surface area contributed by atoms with E-state index in [1.807, 2.05) is 0 Å². The quantitative estimate of drug-likeness (QED) is 0.351. The molecule has 1 atom stereocenters. The van der Waals surface area contributed by atoms with Gasteiger partial charge in [0.25, 0.3) is 5.56 Å². The number of benzene rings is 2. The fourth-order valence-corrected chi connectivity index (χ4v) is 4.00. The van der Waals surface area contributed by atoms with E-state index in [1.54, 1.807) is 30.3 Å². The number of aromatic amines is 1. The molecule has 0 spiro atoms. The number of anilines is 1. The van der Waals surface area contributed by atoms with Crippen molar-refractivity contribution in [2.45, 2.75) is 15.8 Å². The summed E-state index contributed by atoms with van der Waals surface area (Å²) in [6.45, 7) is 0. The second-order valence-electron chi connectivity index (χ2n) is 8.60. The van der Waals surface area contributed by atoms with Crippen LogP contribution in [0.15, 0.2) is 66.0 Å². The number of H-pyrrole nitrogens is 1. The number of hydrogen-bond donors (Lipinski definition) is 2. The Balaban J connectivity index is 1.91. The Labute approximate surface area is 218 Å². The highest BCUT2D eigenvalue weighted by molar-refractivity contribution is 6.68. The minimum Gasteiger partial charge on any atom is -0.365 e. The zero-order chi connectivity index (χ0) is 26.6. The van der Waals surface area contributed by atoms with Gasteiger partial charge in [0.2, 0.25) is 0 Å². The predicted octanol–water partition coefficient (Wildman–Crippen LogP) is 0.657. The van der Waals surface area contributed by atoms with Crippen LogP contribution >= 0.6 is 0 Å². The zero-order valence-electron chi connectivity index (χ0n) is 19.3. The summed E-state index contributed by atoms with van der Waals surface area (Å²) in [5.74, 6) is -0.985. The van der Waals surface area contributed by atoms with Crippen LogP contribution in [0.25, 0.3) is 27.8 Å². The van der Waals surface area contributed by atoms with Gasteiger partial charge in [-0.2, -0.15) is 0 Å². The number of nitrogens with one attached hydrogen (secondary N) is 2. The third-order valence-electron chi connectivity index (χ3n) is 6.12. The van der Waals surface area contributed by atoms with E-state index in [0.29, 0.717) is 5.52 Å². The van der Waals surface area contributed by atoms with Gasteiger partial charge in [-0.15, -0.1) is 5.11 Å². The highest BCUT2D eigenvalue weighted by Gasteiger charge is 2.50. The van der Waals surface area contributed by atoms with Crippen molar-refractivity contribution in [2.75, 3.05) is 5.32 Å². The minimum absolute atomic E-state index is 0.0226. The summed E-state index contributed by atoms with van der Waals surface area (Å²) in [6.07, 6.45) is 2.60. The van der Waals surface area contributed by atoms with E-state index in [0.717, 1.165) is 10.6 Å². The van der Waals surface area contributed by atoms with Crippen molar-refractivity contribution >= 4 is 75.0 Å². The lowest BCUT2D eigenvalue weighted by molar-refractivity contribution is 0.522. The van der Waals surface area contributed by atoms with E-state index in [-0.39, 0.29) is 33.9 Å². The number of nitrogens with zero attached hydrogens (tertiary/aromatic N) is 5. The van der Waals surface area contributed by atoms with Crippen LogP contribution in [-0.2, 0) is 5.44 Å². The van der Waals surface area contributed by atoms with Crippen LogP contribution in [0.2, 0.25) is 10.3 Å². The first-order chi connectivity index (χ1) is 17.5. The minimum atomic E-state index is -2.42. The smallest absolute Gasteiger partial charge is 0.269 e. The second kappa shape index (κ2) is 8.68. The monoisotopic (exact) mass is 475 g/mol. The van der Waals surface area contributed by atoms with Crippen molar-refractivity contribution < 1.29 is 4.39 Å². The Hall–Kier alpha value is -3.75. The highest BCUT2D eigenvalue weighted by atomic mass is 19.1. The fourth-order valence-electron chi connectivity index (χ4n) is 4.00. The number of aromatic nitrogens is 6. The molecule has 37 heavy (non-hydrogen) atoms. The van der Waals surface area contributed by atoms with Crippen LogP contribution in [0.3, 0.4) is 0 Å². The maximum atomic E-state index is 14.8. The van der Waals surface area contributed by atoms with E-state index >= 15 is 0 Å². The SMILES string of the molecule is [B]C([B])([B])C([B])([B])[C@]([B])(Nc1ncnc2nc[nH]c12)c1nc2cccc(F)c2c(=O)n1-c1ccccc1. The molecule has 0 fully saturated rings. The lowest BCUT2D eigenvalue weighted by atomic mass is 9.18. The average molecular weight is 474 g/mol. The van der Waals surface area contributed by atoms with Crippen molar-refractivity contribution in [1.29, 1.82) is 0 Å². The van der Waals surface area contributed by atoms with Gasteiger partial charge >= 0.3 is 0 Å². The molecule has 0 aliphatic rings. The van der Waals surface area contributed by atoms with E-state index in [1.165, 1.54) is 24.8 Å². The summed E-state index contributed by atoms with van der Waals surface area (Å²) in [5, 5.41) is -2.13. The number of imidazole rings is 1. The van der Waals surface area contributed by atoms with Crippen molar-refractivity contribution in [1.82, 2.24) is 29.5 Å². The number of rotatable bonds is 6. The molecule has 15 heteroatoms. The summed E-state index contributed by atoms with van der Waals surface area (Å²) in [6, 6.07) is 12.2. The molecule has 0 saturated heterocycles. The van der Waals surface area contributed by atoms with Crippen LogP contribution in [0.5, 0.6) is 0 Å². The Morgan fingerprint density at radius 2 is 1.65 bits per heavy atom. The maximum Gasteiger partial charge on any atom is 0.269 e.